The number of para-hydroxylation sites is 1. The Morgan fingerprint density at radius 2 is 2.00 bits per heavy atom. The number of amides is 1. The van der Waals surface area contributed by atoms with Gasteiger partial charge in [0.15, 0.2) is 9.84 Å². The topological polar surface area (TPSA) is 75.7 Å². The number of benzene rings is 2. The maximum Gasteiger partial charge on any atom is 0.246 e. The molecule has 0 aliphatic carbocycles. The van der Waals surface area contributed by atoms with Gasteiger partial charge in [0.05, 0.1) is 36.9 Å². The van der Waals surface area contributed by atoms with Crippen molar-refractivity contribution in [2.24, 2.45) is 0 Å². The van der Waals surface area contributed by atoms with Crippen LogP contribution in [-0.2, 0) is 14.6 Å². The molecule has 8 heteroatoms. The van der Waals surface area contributed by atoms with Crippen LogP contribution in [0, 0.1) is 6.92 Å². The molecule has 150 valence electrons. The molecule has 1 atom stereocenters. The lowest BCUT2D eigenvalue weighted by Gasteiger charge is -2.29. The van der Waals surface area contributed by atoms with Crippen molar-refractivity contribution in [2.75, 3.05) is 35.4 Å². The molecule has 1 heterocycles. The average molecular weight is 423 g/mol. The van der Waals surface area contributed by atoms with Crippen LogP contribution in [0.5, 0.6) is 5.75 Å². The van der Waals surface area contributed by atoms with E-state index >= 15 is 0 Å². The Balaban J connectivity index is 1.82. The number of halogens is 1. The van der Waals surface area contributed by atoms with Gasteiger partial charge in [-0.05, 0) is 37.1 Å². The largest absolute Gasteiger partial charge is 0.495 e. The summed E-state index contributed by atoms with van der Waals surface area (Å²) in [5.41, 5.74) is 2.21. The Kier molecular flexibility index (Phi) is 6.15. The Labute approximate surface area is 170 Å². The van der Waals surface area contributed by atoms with Gasteiger partial charge in [-0.3, -0.25) is 4.79 Å². The molecule has 2 aromatic carbocycles. The number of carbonyl (C=O) groups is 1. The number of methoxy groups -OCH3 is 1. The summed E-state index contributed by atoms with van der Waals surface area (Å²) in [6.07, 6.45) is 0.437. The maximum absolute atomic E-state index is 13.1. The molecule has 0 saturated carbocycles. The van der Waals surface area contributed by atoms with E-state index in [0.29, 0.717) is 28.6 Å². The predicted octanol–water partition coefficient (Wildman–Crippen LogP) is 3.29. The van der Waals surface area contributed by atoms with Crippen molar-refractivity contribution in [1.29, 1.82) is 0 Å². The molecule has 1 fully saturated rings. The highest BCUT2D eigenvalue weighted by Gasteiger charge is 2.35. The van der Waals surface area contributed by atoms with E-state index in [0.717, 1.165) is 5.56 Å². The van der Waals surface area contributed by atoms with E-state index in [1.54, 1.807) is 11.0 Å². The smallest absolute Gasteiger partial charge is 0.246 e. The van der Waals surface area contributed by atoms with Gasteiger partial charge in [0.2, 0.25) is 5.91 Å². The van der Waals surface area contributed by atoms with Crippen molar-refractivity contribution < 1.29 is 17.9 Å². The number of rotatable bonds is 6. The Morgan fingerprint density at radius 1 is 1.29 bits per heavy atom. The van der Waals surface area contributed by atoms with E-state index in [4.69, 9.17) is 16.3 Å². The van der Waals surface area contributed by atoms with Gasteiger partial charge in [0, 0.05) is 16.8 Å². The third kappa shape index (κ3) is 4.59. The fourth-order valence-corrected chi connectivity index (χ4v) is 5.21. The van der Waals surface area contributed by atoms with Crippen molar-refractivity contribution in [3.63, 3.8) is 0 Å². The lowest BCUT2D eigenvalue weighted by Crippen LogP contribution is -2.44. The van der Waals surface area contributed by atoms with E-state index in [1.807, 2.05) is 43.3 Å². The summed E-state index contributed by atoms with van der Waals surface area (Å²) >= 11 is 6.13. The zero-order valence-corrected chi connectivity index (χ0v) is 17.4. The molecule has 1 N–H and O–H groups in total. The summed E-state index contributed by atoms with van der Waals surface area (Å²) in [5.74, 6) is 0.421. The quantitative estimate of drug-likeness (QED) is 0.773. The van der Waals surface area contributed by atoms with E-state index < -0.39 is 9.84 Å². The van der Waals surface area contributed by atoms with E-state index in [1.165, 1.54) is 7.11 Å². The number of nitrogens with zero attached hydrogens (tertiary/aromatic N) is 1. The minimum atomic E-state index is -3.12. The van der Waals surface area contributed by atoms with Crippen molar-refractivity contribution in [3.05, 3.63) is 53.1 Å². The van der Waals surface area contributed by atoms with Crippen LogP contribution < -0.4 is 15.0 Å². The van der Waals surface area contributed by atoms with Crippen LogP contribution in [0.2, 0.25) is 5.02 Å². The first kappa shape index (κ1) is 20.5. The van der Waals surface area contributed by atoms with Crippen LogP contribution in [0.3, 0.4) is 0 Å². The van der Waals surface area contributed by atoms with Crippen LogP contribution in [0.4, 0.5) is 11.4 Å². The minimum absolute atomic E-state index is 0.00285. The number of ether oxygens (including phenoxy) is 1. The van der Waals surface area contributed by atoms with Gasteiger partial charge in [-0.2, -0.15) is 0 Å². The molecule has 1 saturated heterocycles. The molecule has 0 radical (unpaired) electrons. The van der Waals surface area contributed by atoms with Gasteiger partial charge in [-0.25, -0.2) is 8.42 Å². The standard InChI is InChI=1S/C20H23ClN2O4S/c1-14-10-18(19(27-2)11-17(14)21)22-12-20(24)23(15-6-4-3-5-7-15)16-8-9-28(25,26)13-16/h3-7,10-11,16,22H,8-9,12-13H2,1-2H3. The highest BCUT2D eigenvalue weighted by molar-refractivity contribution is 7.91. The monoisotopic (exact) mass is 422 g/mol. The number of hydrogen-bond donors (Lipinski definition) is 1. The molecule has 6 nitrogen and oxygen atoms in total. The zero-order chi connectivity index (χ0) is 20.3. The molecule has 28 heavy (non-hydrogen) atoms. The molecule has 2 aromatic rings. The average Bonchev–Trinajstić information content (AvgIpc) is 3.02. The highest BCUT2D eigenvalue weighted by atomic mass is 35.5. The summed E-state index contributed by atoms with van der Waals surface area (Å²) in [6.45, 7) is 1.87. The number of hydrogen-bond acceptors (Lipinski definition) is 5. The van der Waals surface area contributed by atoms with Crippen LogP contribution >= 0.6 is 11.6 Å². The summed E-state index contributed by atoms with van der Waals surface area (Å²) in [5, 5.41) is 3.68. The van der Waals surface area contributed by atoms with Crippen LogP contribution in [-0.4, -0.2) is 45.5 Å². The van der Waals surface area contributed by atoms with Crippen molar-refractivity contribution in [1.82, 2.24) is 0 Å². The van der Waals surface area contributed by atoms with Crippen LogP contribution in [0.25, 0.3) is 0 Å². The maximum atomic E-state index is 13.1. The summed E-state index contributed by atoms with van der Waals surface area (Å²) < 4.78 is 29.2. The predicted molar refractivity (Wildman–Crippen MR) is 112 cm³/mol. The Bertz CT molecular complexity index is 964. The van der Waals surface area contributed by atoms with Gasteiger partial charge >= 0.3 is 0 Å². The Morgan fingerprint density at radius 3 is 2.61 bits per heavy atom. The summed E-state index contributed by atoms with van der Waals surface area (Å²) in [7, 11) is -1.58. The zero-order valence-electron chi connectivity index (χ0n) is 15.8. The molecule has 0 spiro atoms. The van der Waals surface area contributed by atoms with Crippen LogP contribution in [0.15, 0.2) is 42.5 Å². The summed E-state index contributed by atoms with van der Waals surface area (Å²) in [6, 6.07) is 12.3. The molecule has 3 rings (SSSR count). The Hall–Kier alpha value is -2.25. The SMILES string of the molecule is COc1cc(Cl)c(C)cc1NCC(=O)N(c1ccccc1)C1CCS(=O)(=O)C1. The van der Waals surface area contributed by atoms with Crippen molar-refractivity contribution in [3.8, 4) is 5.75 Å². The normalized spacial score (nSPS) is 17.9. The fraction of sp³-hybridized carbons (Fsp3) is 0.350. The van der Waals surface area contributed by atoms with Gasteiger partial charge in [0.25, 0.3) is 0 Å². The lowest BCUT2D eigenvalue weighted by atomic mass is 10.1. The first-order valence-electron chi connectivity index (χ1n) is 8.96. The van der Waals surface area contributed by atoms with E-state index in [9.17, 15) is 13.2 Å². The van der Waals surface area contributed by atoms with Crippen molar-refractivity contribution in [2.45, 2.75) is 19.4 Å². The third-order valence-electron chi connectivity index (χ3n) is 4.79. The summed E-state index contributed by atoms with van der Waals surface area (Å²) in [4.78, 5) is 14.7. The van der Waals surface area contributed by atoms with Gasteiger partial charge < -0.3 is 15.0 Å². The number of anilines is 2. The van der Waals surface area contributed by atoms with Gasteiger partial charge in [-0.1, -0.05) is 29.8 Å². The lowest BCUT2D eigenvalue weighted by molar-refractivity contribution is -0.117. The molecule has 1 unspecified atom stereocenters. The molecular formula is C20H23ClN2O4S. The molecule has 1 aliphatic heterocycles. The third-order valence-corrected chi connectivity index (χ3v) is 6.94. The first-order valence-corrected chi connectivity index (χ1v) is 11.2. The number of aryl methyl sites for hydroxylation is 1. The second-order valence-corrected chi connectivity index (χ2v) is 9.45. The fourth-order valence-electron chi connectivity index (χ4n) is 3.35. The van der Waals surface area contributed by atoms with Gasteiger partial charge in [0.1, 0.15) is 5.75 Å². The minimum Gasteiger partial charge on any atom is -0.495 e. The second-order valence-electron chi connectivity index (χ2n) is 6.81. The number of sulfone groups is 1. The first-order chi connectivity index (χ1) is 13.3. The van der Waals surface area contributed by atoms with E-state index in [-0.39, 0.29) is 30.0 Å². The van der Waals surface area contributed by atoms with Gasteiger partial charge in [-0.15, -0.1) is 0 Å². The number of carbonyl (C=O) groups excluding carboxylic acids is 1. The molecule has 0 bridgehead atoms. The second kappa shape index (κ2) is 8.41. The molecular weight excluding hydrogens is 400 g/mol. The van der Waals surface area contributed by atoms with Crippen LogP contribution in [0.1, 0.15) is 12.0 Å². The molecule has 1 aliphatic rings. The van der Waals surface area contributed by atoms with Crippen molar-refractivity contribution >= 4 is 38.7 Å². The number of nitrogens with one attached hydrogen (secondary N) is 1. The molecule has 1 amide bonds. The molecule has 0 aromatic heterocycles. The highest BCUT2D eigenvalue weighted by Crippen LogP contribution is 2.31. The van der Waals surface area contributed by atoms with E-state index in [2.05, 4.69) is 5.32 Å².